The first-order valence-electron chi connectivity index (χ1n) is 7.30. The van der Waals surface area contributed by atoms with E-state index in [-0.39, 0.29) is 12.5 Å². The fourth-order valence-corrected chi connectivity index (χ4v) is 3.06. The van der Waals surface area contributed by atoms with Gasteiger partial charge in [-0.15, -0.1) is 11.3 Å². The number of aryl methyl sites for hydroxylation is 1. The maximum Gasteiger partial charge on any atom is 0.224 e. The summed E-state index contributed by atoms with van der Waals surface area (Å²) < 4.78 is 5.36. The fraction of sp³-hybridized carbons (Fsp3) is 0.353. The Morgan fingerprint density at radius 2 is 2.05 bits per heavy atom. The summed E-state index contributed by atoms with van der Waals surface area (Å²) >= 11 is 1.50. The highest BCUT2D eigenvalue weighted by molar-refractivity contribution is 7.10. The monoisotopic (exact) mass is 319 g/mol. The average molecular weight is 319 g/mol. The van der Waals surface area contributed by atoms with Crippen molar-refractivity contribution in [2.45, 2.75) is 26.4 Å². The topological polar surface area (TPSA) is 58.6 Å². The number of rotatable bonds is 7. The first kappa shape index (κ1) is 16.5. The maximum atomic E-state index is 11.9. The van der Waals surface area contributed by atoms with Crippen molar-refractivity contribution in [2.24, 2.45) is 0 Å². The molecule has 0 spiro atoms. The van der Waals surface area contributed by atoms with E-state index in [4.69, 9.17) is 4.74 Å². The van der Waals surface area contributed by atoms with Crippen LogP contribution in [0.15, 0.2) is 35.7 Å². The van der Waals surface area contributed by atoms with E-state index in [9.17, 15) is 9.90 Å². The van der Waals surface area contributed by atoms with E-state index in [2.05, 4.69) is 5.32 Å². The summed E-state index contributed by atoms with van der Waals surface area (Å²) in [5.74, 6) is 0.702. The summed E-state index contributed by atoms with van der Waals surface area (Å²) in [5.41, 5.74) is 1.97. The van der Waals surface area contributed by atoms with Crippen LogP contribution in [0.5, 0.6) is 5.75 Å². The molecule has 1 aromatic heterocycles. The molecule has 0 aliphatic carbocycles. The molecule has 1 heterocycles. The zero-order valence-corrected chi connectivity index (χ0v) is 13.7. The maximum absolute atomic E-state index is 11.9. The Morgan fingerprint density at radius 3 is 2.64 bits per heavy atom. The molecule has 0 fully saturated rings. The van der Waals surface area contributed by atoms with E-state index < -0.39 is 6.10 Å². The second-order valence-corrected chi connectivity index (χ2v) is 5.99. The molecule has 0 bridgehead atoms. The van der Waals surface area contributed by atoms with Crippen LogP contribution in [0.3, 0.4) is 0 Å². The molecule has 0 radical (unpaired) electrons. The first-order valence-corrected chi connectivity index (χ1v) is 8.18. The Hall–Kier alpha value is -1.85. The van der Waals surface area contributed by atoms with Gasteiger partial charge in [0.25, 0.3) is 0 Å². The minimum atomic E-state index is -0.649. The average Bonchev–Trinajstić information content (AvgIpc) is 2.93. The molecule has 22 heavy (non-hydrogen) atoms. The zero-order valence-electron chi connectivity index (χ0n) is 12.8. The van der Waals surface area contributed by atoms with E-state index in [1.165, 1.54) is 11.3 Å². The predicted molar refractivity (Wildman–Crippen MR) is 88.3 cm³/mol. The number of thiophene rings is 1. The van der Waals surface area contributed by atoms with Crippen molar-refractivity contribution >= 4 is 17.2 Å². The van der Waals surface area contributed by atoms with E-state index in [0.29, 0.717) is 13.0 Å². The Kier molecular flexibility index (Phi) is 5.98. The lowest BCUT2D eigenvalue weighted by Gasteiger charge is -2.12. The standard InChI is InChI=1S/C17H21NO3S/c1-3-21-14-6-4-13(5-7-14)10-16(20)18-11-15(19)17-12(2)8-9-22-17/h4-9,15,19H,3,10-11H2,1-2H3,(H,18,20). The van der Waals surface area contributed by atoms with Gasteiger partial charge >= 0.3 is 0 Å². The molecular formula is C17H21NO3S. The first-order chi connectivity index (χ1) is 10.6. The molecular weight excluding hydrogens is 298 g/mol. The predicted octanol–water partition coefficient (Wildman–Crippen LogP) is 2.85. The summed E-state index contributed by atoms with van der Waals surface area (Å²) in [5, 5.41) is 14.8. The van der Waals surface area contributed by atoms with Gasteiger partial charge in [-0.05, 0) is 48.6 Å². The van der Waals surface area contributed by atoms with Crippen molar-refractivity contribution in [2.75, 3.05) is 13.2 Å². The van der Waals surface area contributed by atoms with Crippen molar-refractivity contribution in [1.82, 2.24) is 5.32 Å². The van der Waals surface area contributed by atoms with Gasteiger partial charge in [0, 0.05) is 11.4 Å². The van der Waals surface area contributed by atoms with Gasteiger partial charge in [-0.3, -0.25) is 4.79 Å². The number of hydrogen-bond acceptors (Lipinski definition) is 4. The third kappa shape index (κ3) is 4.58. The van der Waals surface area contributed by atoms with E-state index >= 15 is 0 Å². The smallest absolute Gasteiger partial charge is 0.224 e. The van der Waals surface area contributed by atoms with Gasteiger partial charge in [0.1, 0.15) is 11.9 Å². The van der Waals surface area contributed by atoms with Crippen LogP contribution in [0.2, 0.25) is 0 Å². The highest BCUT2D eigenvalue weighted by Gasteiger charge is 2.13. The largest absolute Gasteiger partial charge is 0.494 e. The number of amides is 1. The number of benzene rings is 1. The SMILES string of the molecule is CCOc1ccc(CC(=O)NCC(O)c2sccc2C)cc1. The molecule has 4 nitrogen and oxygen atoms in total. The van der Waals surface area contributed by atoms with Crippen molar-refractivity contribution in [3.05, 3.63) is 51.7 Å². The number of aliphatic hydroxyl groups is 1. The molecule has 0 saturated heterocycles. The van der Waals surface area contributed by atoms with Crippen LogP contribution in [-0.4, -0.2) is 24.2 Å². The van der Waals surface area contributed by atoms with Gasteiger partial charge < -0.3 is 15.2 Å². The molecule has 1 unspecified atom stereocenters. The molecule has 118 valence electrons. The molecule has 2 rings (SSSR count). The van der Waals surface area contributed by atoms with E-state index in [1.807, 2.05) is 49.6 Å². The Bertz CT molecular complexity index is 607. The zero-order chi connectivity index (χ0) is 15.9. The van der Waals surface area contributed by atoms with Crippen molar-refractivity contribution in [3.63, 3.8) is 0 Å². The van der Waals surface area contributed by atoms with Gasteiger partial charge in [0.2, 0.25) is 5.91 Å². The summed E-state index contributed by atoms with van der Waals surface area (Å²) in [6.45, 7) is 4.75. The van der Waals surface area contributed by atoms with Gasteiger partial charge in [-0.2, -0.15) is 0 Å². The number of aliphatic hydroxyl groups excluding tert-OH is 1. The highest BCUT2D eigenvalue weighted by Crippen LogP contribution is 2.23. The molecule has 5 heteroatoms. The number of nitrogens with one attached hydrogen (secondary N) is 1. The van der Waals surface area contributed by atoms with E-state index in [0.717, 1.165) is 21.8 Å². The molecule has 1 atom stereocenters. The number of carbonyl (C=O) groups excluding carboxylic acids is 1. The Labute approximate surface area is 134 Å². The van der Waals surface area contributed by atoms with E-state index in [1.54, 1.807) is 0 Å². The van der Waals surface area contributed by atoms with Crippen molar-refractivity contribution in [1.29, 1.82) is 0 Å². The summed E-state index contributed by atoms with van der Waals surface area (Å²) in [7, 11) is 0. The fourth-order valence-electron chi connectivity index (χ4n) is 2.15. The summed E-state index contributed by atoms with van der Waals surface area (Å²) in [4.78, 5) is 12.8. The summed E-state index contributed by atoms with van der Waals surface area (Å²) in [6, 6.07) is 9.44. The third-order valence-corrected chi connectivity index (χ3v) is 4.42. The third-order valence-electron chi connectivity index (χ3n) is 3.30. The van der Waals surface area contributed by atoms with Crippen LogP contribution in [0.25, 0.3) is 0 Å². The second-order valence-electron chi connectivity index (χ2n) is 5.04. The molecule has 0 saturated carbocycles. The molecule has 0 aliphatic heterocycles. The van der Waals surface area contributed by atoms with Crippen LogP contribution in [-0.2, 0) is 11.2 Å². The highest BCUT2D eigenvalue weighted by atomic mass is 32.1. The lowest BCUT2D eigenvalue weighted by atomic mass is 10.1. The van der Waals surface area contributed by atoms with Crippen LogP contribution >= 0.6 is 11.3 Å². The molecule has 1 aromatic carbocycles. The van der Waals surface area contributed by atoms with Gasteiger partial charge in [-0.25, -0.2) is 0 Å². The lowest BCUT2D eigenvalue weighted by Crippen LogP contribution is -2.29. The minimum absolute atomic E-state index is 0.0996. The normalized spacial score (nSPS) is 12.0. The quantitative estimate of drug-likeness (QED) is 0.825. The molecule has 2 aromatic rings. The van der Waals surface area contributed by atoms with Gasteiger partial charge in [-0.1, -0.05) is 12.1 Å². The minimum Gasteiger partial charge on any atom is -0.494 e. The second kappa shape index (κ2) is 7.96. The Morgan fingerprint density at radius 1 is 1.32 bits per heavy atom. The lowest BCUT2D eigenvalue weighted by molar-refractivity contribution is -0.120. The van der Waals surface area contributed by atoms with Crippen LogP contribution in [0.1, 0.15) is 29.0 Å². The number of carbonyl (C=O) groups is 1. The molecule has 1 amide bonds. The van der Waals surface area contributed by atoms with Crippen LogP contribution < -0.4 is 10.1 Å². The molecule has 0 aliphatic rings. The van der Waals surface area contributed by atoms with Gasteiger partial charge in [0.05, 0.1) is 13.0 Å². The van der Waals surface area contributed by atoms with Crippen molar-refractivity contribution < 1.29 is 14.6 Å². The van der Waals surface area contributed by atoms with Gasteiger partial charge in [0.15, 0.2) is 0 Å². The molecule has 2 N–H and O–H groups in total. The van der Waals surface area contributed by atoms with Crippen LogP contribution in [0.4, 0.5) is 0 Å². The Balaban J connectivity index is 1.81. The number of ether oxygens (including phenoxy) is 1. The van der Waals surface area contributed by atoms with Crippen LogP contribution in [0, 0.1) is 6.92 Å². The summed E-state index contributed by atoms with van der Waals surface area (Å²) in [6.07, 6.45) is -0.355. The van der Waals surface area contributed by atoms with Crippen molar-refractivity contribution in [3.8, 4) is 5.75 Å². The number of hydrogen-bond donors (Lipinski definition) is 2.